The summed E-state index contributed by atoms with van der Waals surface area (Å²) in [6.07, 6.45) is 0. The van der Waals surface area contributed by atoms with Crippen LogP contribution >= 0.6 is 0 Å². The van der Waals surface area contributed by atoms with Crippen LogP contribution in [0.15, 0.2) is 47.4 Å². The number of benzene rings is 2. The Hall–Kier alpha value is -2.91. The maximum atomic E-state index is 12.9. The Bertz CT molecular complexity index is 1080. The highest BCUT2D eigenvalue weighted by atomic mass is 32.2. The minimum Gasteiger partial charge on any atom is -0.496 e. The number of hydrogen-bond acceptors (Lipinski definition) is 5. The summed E-state index contributed by atoms with van der Waals surface area (Å²) in [5.74, 6) is -0.231. The van der Waals surface area contributed by atoms with Gasteiger partial charge < -0.3 is 15.0 Å². The number of methoxy groups -OCH3 is 1. The van der Waals surface area contributed by atoms with Gasteiger partial charge in [-0.2, -0.15) is 4.31 Å². The van der Waals surface area contributed by atoms with E-state index in [9.17, 15) is 18.0 Å². The number of rotatable bonds is 6. The van der Waals surface area contributed by atoms with Gasteiger partial charge in [0.15, 0.2) is 0 Å². The third kappa shape index (κ3) is 5.05. The number of piperazine rings is 1. The van der Waals surface area contributed by atoms with Gasteiger partial charge >= 0.3 is 0 Å². The second-order valence-electron chi connectivity index (χ2n) is 7.41. The third-order valence-electron chi connectivity index (χ3n) is 5.46. The first-order valence-electron chi connectivity index (χ1n) is 10.0. The summed E-state index contributed by atoms with van der Waals surface area (Å²) in [4.78, 5) is 26.7. The summed E-state index contributed by atoms with van der Waals surface area (Å²) in [5.41, 5.74) is 2.30. The molecule has 0 bridgehead atoms. The number of carbonyl (C=O) groups excluding carboxylic acids is 2. The van der Waals surface area contributed by atoms with E-state index >= 15 is 0 Å². The Morgan fingerprint density at radius 1 is 1.00 bits per heavy atom. The molecule has 1 aliphatic rings. The maximum absolute atomic E-state index is 12.9. The van der Waals surface area contributed by atoms with Gasteiger partial charge in [-0.15, -0.1) is 0 Å². The largest absolute Gasteiger partial charge is 0.496 e. The highest BCUT2D eigenvalue weighted by Crippen LogP contribution is 2.21. The first kappa shape index (κ1) is 22.8. The fraction of sp³-hybridized carbons (Fsp3) is 0.364. The van der Waals surface area contributed by atoms with Crippen molar-refractivity contribution in [3.05, 3.63) is 59.2 Å². The molecule has 8 nitrogen and oxygen atoms in total. The van der Waals surface area contributed by atoms with Gasteiger partial charge in [-0.1, -0.05) is 18.2 Å². The van der Waals surface area contributed by atoms with E-state index in [1.165, 1.54) is 11.4 Å². The number of ether oxygens (including phenoxy) is 1. The molecular weight excluding hydrogens is 418 g/mol. The number of carbonyl (C=O) groups is 2. The van der Waals surface area contributed by atoms with Crippen LogP contribution in [-0.2, 0) is 14.8 Å². The zero-order valence-corrected chi connectivity index (χ0v) is 18.7. The van der Waals surface area contributed by atoms with E-state index in [0.29, 0.717) is 11.3 Å². The third-order valence-corrected chi connectivity index (χ3v) is 7.35. The zero-order valence-electron chi connectivity index (χ0n) is 17.9. The molecule has 1 N–H and O–H groups in total. The van der Waals surface area contributed by atoms with Crippen LogP contribution in [-0.4, -0.2) is 69.3 Å². The number of para-hydroxylation sites is 1. The molecule has 0 unspecified atom stereocenters. The van der Waals surface area contributed by atoms with Crippen LogP contribution in [0.1, 0.15) is 21.5 Å². The zero-order chi connectivity index (χ0) is 22.6. The molecular formula is C22H27N3O5S. The van der Waals surface area contributed by atoms with E-state index in [0.717, 1.165) is 11.1 Å². The van der Waals surface area contributed by atoms with Crippen LogP contribution in [0.3, 0.4) is 0 Å². The van der Waals surface area contributed by atoms with Crippen LogP contribution in [0.2, 0.25) is 0 Å². The Balaban J connectivity index is 1.56. The van der Waals surface area contributed by atoms with Crippen molar-refractivity contribution in [1.82, 2.24) is 14.5 Å². The molecule has 1 heterocycles. The lowest BCUT2D eigenvalue weighted by Crippen LogP contribution is -2.52. The first-order valence-corrected chi connectivity index (χ1v) is 11.4. The van der Waals surface area contributed by atoms with E-state index in [-0.39, 0.29) is 43.5 Å². The van der Waals surface area contributed by atoms with Crippen LogP contribution in [0.5, 0.6) is 5.75 Å². The second-order valence-corrected chi connectivity index (χ2v) is 9.35. The van der Waals surface area contributed by atoms with E-state index in [2.05, 4.69) is 5.32 Å². The van der Waals surface area contributed by atoms with E-state index < -0.39 is 15.9 Å². The van der Waals surface area contributed by atoms with Crippen LogP contribution < -0.4 is 10.1 Å². The molecule has 0 aliphatic carbocycles. The van der Waals surface area contributed by atoms with Crippen molar-refractivity contribution < 1.29 is 22.7 Å². The van der Waals surface area contributed by atoms with Crippen molar-refractivity contribution in [1.29, 1.82) is 0 Å². The van der Waals surface area contributed by atoms with E-state index in [4.69, 9.17) is 4.74 Å². The average Bonchev–Trinajstić information content (AvgIpc) is 2.79. The number of aryl methyl sites for hydroxylation is 2. The van der Waals surface area contributed by atoms with Gasteiger partial charge in [0.05, 0.1) is 24.1 Å². The minimum atomic E-state index is -3.61. The molecule has 1 saturated heterocycles. The summed E-state index contributed by atoms with van der Waals surface area (Å²) >= 11 is 0. The van der Waals surface area contributed by atoms with E-state index in [1.54, 1.807) is 47.4 Å². The number of hydrogen-bond donors (Lipinski definition) is 1. The molecule has 0 saturated carbocycles. The van der Waals surface area contributed by atoms with Crippen molar-refractivity contribution in [2.24, 2.45) is 0 Å². The second kappa shape index (κ2) is 9.49. The van der Waals surface area contributed by atoms with E-state index in [1.807, 2.05) is 13.8 Å². The minimum absolute atomic E-state index is 0.166. The van der Waals surface area contributed by atoms with Crippen molar-refractivity contribution in [2.45, 2.75) is 18.7 Å². The smallest absolute Gasteiger partial charge is 0.255 e. The molecule has 3 rings (SSSR count). The number of sulfonamides is 1. The lowest BCUT2D eigenvalue weighted by atomic mass is 10.1. The fourth-order valence-electron chi connectivity index (χ4n) is 3.40. The SMILES string of the molecule is COc1ccccc1C(=O)NCC(=O)N1CCN(S(=O)(=O)c2ccc(C)c(C)c2)CC1. The highest BCUT2D eigenvalue weighted by Gasteiger charge is 2.30. The van der Waals surface area contributed by atoms with Gasteiger partial charge in [-0.05, 0) is 49.2 Å². The Kier molecular flexibility index (Phi) is 6.97. The summed E-state index contributed by atoms with van der Waals surface area (Å²) in [6.45, 7) is 4.61. The molecule has 0 atom stereocenters. The van der Waals surface area contributed by atoms with Crippen molar-refractivity contribution in [2.75, 3.05) is 39.8 Å². The molecule has 31 heavy (non-hydrogen) atoms. The molecule has 0 radical (unpaired) electrons. The van der Waals surface area contributed by atoms with Crippen LogP contribution in [0.25, 0.3) is 0 Å². The molecule has 2 aromatic carbocycles. The lowest BCUT2D eigenvalue weighted by Gasteiger charge is -2.34. The standard InChI is InChI=1S/C22H27N3O5S/c1-16-8-9-18(14-17(16)2)31(28,29)25-12-10-24(11-13-25)21(26)15-23-22(27)19-6-4-5-7-20(19)30-3/h4-9,14H,10-13,15H2,1-3H3,(H,23,27). The van der Waals surface area contributed by atoms with Gasteiger partial charge in [0.2, 0.25) is 15.9 Å². The number of nitrogens with zero attached hydrogens (tertiary/aromatic N) is 2. The predicted molar refractivity (Wildman–Crippen MR) is 117 cm³/mol. The molecule has 2 amide bonds. The summed E-state index contributed by atoms with van der Waals surface area (Å²) in [6, 6.07) is 11.9. The van der Waals surface area contributed by atoms with Crippen LogP contribution in [0.4, 0.5) is 0 Å². The summed E-state index contributed by atoms with van der Waals surface area (Å²) in [5, 5.41) is 2.61. The maximum Gasteiger partial charge on any atom is 0.255 e. The first-order chi connectivity index (χ1) is 14.7. The topological polar surface area (TPSA) is 96.0 Å². The monoisotopic (exact) mass is 445 g/mol. The molecule has 166 valence electrons. The van der Waals surface area contributed by atoms with Gasteiger partial charge in [0.25, 0.3) is 5.91 Å². The normalized spacial score (nSPS) is 14.9. The summed E-state index contributed by atoms with van der Waals surface area (Å²) in [7, 11) is -2.13. The molecule has 0 aromatic heterocycles. The fourth-order valence-corrected chi connectivity index (χ4v) is 4.90. The molecule has 9 heteroatoms. The molecule has 1 fully saturated rings. The Morgan fingerprint density at radius 3 is 2.32 bits per heavy atom. The van der Waals surface area contributed by atoms with Crippen molar-refractivity contribution in [3.63, 3.8) is 0 Å². The Morgan fingerprint density at radius 2 is 1.68 bits per heavy atom. The number of amides is 2. The Labute approximate surface area is 182 Å². The van der Waals surface area contributed by atoms with Gasteiger partial charge in [-0.25, -0.2) is 8.42 Å². The van der Waals surface area contributed by atoms with Gasteiger partial charge in [-0.3, -0.25) is 9.59 Å². The quantitative estimate of drug-likeness (QED) is 0.728. The van der Waals surface area contributed by atoms with Crippen molar-refractivity contribution in [3.8, 4) is 5.75 Å². The van der Waals surface area contributed by atoms with Crippen molar-refractivity contribution >= 4 is 21.8 Å². The number of nitrogens with one attached hydrogen (secondary N) is 1. The van der Waals surface area contributed by atoms with Crippen LogP contribution in [0, 0.1) is 13.8 Å². The molecule has 2 aromatic rings. The predicted octanol–water partition coefficient (Wildman–Crippen LogP) is 1.57. The lowest BCUT2D eigenvalue weighted by molar-refractivity contribution is -0.131. The average molecular weight is 446 g/mol. The highest BCUT2D eigenvalue weighted by molar-refractivity contribution is 7.89. The molecule has 1 aliphatic heterocycles. The van der Waals surface area contributed by atoms with Gasteiger partial charge in [0, 0.05) is 26.2 Å². The van der Waals surface area contributed by atoms with Gasteiger partial charge in [0.1, 0.15) is 5.75 Å². The summed E-state index contributed by atoms with van der Waals surface area (Å²) < 4.78 is 32.4. The molecule has 0 spiro atoms.